The summed E-state index contributed by atoms with van der Waals surface area (Å²) >= 11 is 1.68. The van der Waals surface area contributed by atoms with Crippen molar-refractivity contribution in [3.63, 3.8) is 0 Å². The zero-order valence-electron chi connectivity index (χ0n) is 17.4. The number of rotatable bonds is 5. The van der Waals surface area contributed by atoms with Crippen molar-refractivity contribution in [1.82, 2.24) is 14.9 Å². The van der Waals surface area contributed by atoms with Crippen molar-refractivity contribution in [3.8, 4) is 0 Å². The van der Waals surface area contributed by atoms with Crippen LogP contribution in [0.5, 0.6) is 0 Å². The summed E-state index contributed by atoms with van der Waals surface area (Å²) in [4.78, 5) is 18.8. The van der Waals surface area contributed by atoms with Gasteiger partial charge in [-0.25, -0.2) is 9.97 Å². The van der Waals surface area contributed by atoms with Gasteiger partial charge in [0, 0.05) is 38.0 Å². The average molecular weight is 409 g/mol. The van der Waals surface area contributed by atoms with Crippen LogP contribution in [0.1, 0.15) is 18.1 Å². The maximum atomic E-state index is 4.87. The Bertz CT molecular complexity index is 913. The van der Waals surface area contributed by atoms with Crippen LogP contribution in [-0.2, 0) is 5.75 Å². The first-order chi connectivity index (χ1) is 14.0. The van der Waals surface area contributed by atoms with Crippen molar-refractivity contribution in [3.05, 3.63) is 53.1 Å². The van der Waals surface area contributed by atoms with Gasteiger partial charge in [-0.1, -0.05) is 41.6 Å². The fourth-order valence-corrected chi connectivity index (χ4v) is 4.12. The highest BCUT2D eigenvalue weighted by Gasteiger charge is 2.18. The van der Waals surface area contributed by atoms with E-state index in [1.54, 1.807) is 11.8 Å². The molecule has 29 heavy (non-hydrogen) atoms. The third-order valence-corrected chi connectivity index (χ3v) is 6.06. The normalized spacial score (nSPS) is 17.3. The molecule has 6 nitrogen and oxygen atoms in total. The Balaban J connectivity index is 1.54. The molecule has 3 heterocycles. The van der Waals surface area contributed by atoms with Crippen molar-refractivity contribution in [2.45, 2.75) is 24.8 Å². The van der Waals surface area contributed by atoms with Crippen LogP contribution in [-0.4, -0.2) is 60.5 Å². The molecule has 0 bridgehead atoms. The molecule has 2 aliphatic heterocycles. The lowest BCUT2D eigenvalue weighted by Gasteiger charge is -2.33. The number of nitrogens with one attached hydrogen (secondary N) is 1. The zero-order chi connectivity index (χ0) is 20.2. The van der Waals surface area contributed by atoms with Crippen LogP contribution in [0.15, 0.2) is 52.1 Å². The number of aromatic nitrogens is 2. The Morgan fingerprint density at radius 1 is 1.03 bits per heavy atom. The molecule has 1 N–H and O–H groups in total. The molecule has 7 heteroatoms. The highest BCUT2D eigenvalue weighted by molar-refractivity contribution is 7.98. The third-order valence-electron chi connectivity index (χ3n) is 5.15. The number of hydrogen-bond acceptors (Lipinski definition) is 7. The quantitative estimate of drug-likeness (QED) is 0.603. The predicted molar refractivity (Wildman–Crippen MR) is 122 cm³/mol. The Morgan fingerprint density at radius 3 is 2.48 bits per heavy atom. The first kappa shape index (κ1) is 19.9. The maximum absolute atomic E-state index is 4.87. The van der Waals surface area contributed by atoms with Crippen molar-refractivity contribution >= 4 is 29.2 Å². The number of nitrogens with zero attached hydrogens (tertiary/aromatic N) is 5. The van der Waals surface area contributed by atoms with Gasteiger partial charge in [0.1, 0.15) is 17.5 Å². The van der Waals surface area contributed by atoms with Gasteiger partial charge in [-0.05, 0) is 38.1 Å². The molecule has 0 radical (unpaired) electrons. The predicted octanol–water partition coefficient (Wildman–Crippen LogP) is 3.60. The summed E-state index contributed by atoms with van der Waals surface area (Å²) in [5.74, 6) is 3.53. The Kier molecular flexibility index (Phi) is 6.16. The molecule has 4 rings (SSSR count). The first-order valence-electron chi connectivity index (χ1n) is 10.0. The summed E-state index contributed by atoms with van der Waals surface area (Å²) in [6.07, 6.45) is 2.08. The van der Waals surface area contributed by atoms with Gasteiger partial charge in [0.15, 0.2) is 5.16 Å². The van der Waals surface area contributed by atoms with Crippen LogP contribution < -0.4 is 10.2 Å². The van der Waals surface area contributed by atoms with Crippen LogP contribution in [0.4, 0.5) is 11.6 Å². The van der Waals surface area contributed by atoms with Gasteiger partial charge < -0.3 is 15.1 Å². The minimum Gasteiger partial charge on any atom is -0.354 e. The monoisotopic (exact) mass is 408 g/mol. The molecule has 2 aliphatic rings. The number of thioether (sulfide) groups is 1. The molecular formula is C22H28N6S. The largest absolute Gasteiger partial charge is 0.354 e. The van der Waals surface area contributed by atoms with Crippen molar-refractivity contribution in [2.75, 3.05) is 50.0 Å². The van der Waals surface area contributed by atoms with Gasteiger partial charge in [-0.2, -0.15) is 0 Å². The molecule has 1 aromatic carbocycles. The number of likely N-dealkylation sites (N-methyl/N-ethyl adjacent to an activating group) is 1. The van der Waals surface area contributed by atoms with Crippen molar-refractivity contribution in [2.24, 2.45) is 4.99 Å². The number of hydrogen-bond donors (Lipinski definition) is 1. The molecule has 152 valence electrons. The van der Waals surface area contributed by atoms with E-state index in [2.05, 4.69) is 71.3 Å². The summed E-state index contributed by atoms with van der Waals surface area (Å²) in [5.41, 5.74) is 3.82. The zero-order valence-corrected chi connectivity index (χ0v) is 18.2. The maximum Gasteiger partial charge on any atom is 0.191 e. The lowest BCUT2D eigenvalue weighted by molar-refractivity contribution is 0.312. The molecule has 0 saturated carbocycles. The fraction of sp³-hybridized carbons (Fsp3) is 0.409. The van der Waals surface area contributed by atoms with Crippen LogP contribution in [0.25, 0.3) is 0 Å². The van der Waals surface area contributed by atoms with E-state index in [1.807, 2.05) is 6.07 Å². The number of aryl methyl sites for hydroxylation is 1. The Morgan fingerprint density at radius 2 is 1.79 bits per heavy atom. The second kappa shape index (κ2) is 8.97. The van der Waals surface area contributed by atoms with E-state index in [1.165, 1.54) is 16.7 Å². The van der Waals surface area contributed by atoms with E-state index in [0.717, 1.165) is 61.1 Å². The van der Waals surface area contributed by atoms with Gasteiger partial charge in [-0.15, -0.1) is 0 Å². The van der Waals surface area contributed by atoms with Crippen LogP contribution in [0.2, 0.25) is 0 Å². The topological polar surface area (TPSA) is 56.6 Å². The van der Waals surface area contributed by atoms with E-state index in [-0.39, 0.29) is 0 Å². The number of aliphatic imine (C=N–C) groups is 1. The summed E-state index contributed by atoms with van der Waals surface area (Å²) in [5, 5.41) is 4.17. The summed E-state index contributed by atoms with van der Waals surface area (Å²) < 4.78 is 0. The molecule has 0 spiro atoms. The lowest BCUT2D eigenvalue weighted by atomic mass is 10.2. The number of piperazine rings is 1. The van der Waals surface area contributed by atoms with Gasteiger partial charge in [0.25, 0.3) is 0 Å². The molecule has 2 aromatic rings. The van der Waals surface area contributed by atoms with E-state index in [4.69, 9.17) is 9.97 Å². The number of benzene rings is 1. The van der Waals surface area contributed by atoms with Gasteiger partial charge >= 0.3 is 0 Å². The summed E-state index contributed by atoms with van der Waals surface area (Å²) in [6, 6.07) is 10.7. The molecule has 1 fully saturated rings. The Labute approximate surface area is 177 Å². The molecule has 1 saturated heterocycles. The van der Waals surface area contributed by atoms with E-state index in [0.29, 0.717) is 0 Å². The minimum atomic E-state index is 0.758. The van der Waals surface area contributed by atoms with Crippen LogP contribution >= 0.6 is 11.8 Å². The molecule has 0 aliphatic carbocycles. The van der Waals surface area contributed by atoms with Gasteiger partial charge in [0.05, 0.1) is 6.54 Å². The standard InChI is InChI=1S/C22H28N6S/c1-16-4-6-18(7-5-16)15-29-22-25-20(24-19-12-17(2)14-23-19)13-21(26-22)28-10-8-27(3)9-11-28/h4-7,12-13H,8-11,14-15H2,1-3H3,(H,23,24,25,26). The second-order valence-electron chi connectivity index (χ2n) is 7.78. The number of amidine groups is 1. The van der Waals surface area contributed by atoms with E-state index in [9.17, 15) is 0 Å². The van der Waals surface area contributed by atoms with E-state index < -0.39 is 0 Å². The number of anilines is 2. The lowest BCUT2D eigenvalue weighted by Crippen LogP contribution is -2.44. The molecular weight excluding hydrogens is 380 g/mol. The molecule has 1 aromatic heterocycles. The smallest absolute Gasteiger partial charge is 0.191 e. The van der Waals surface area contributed by atoms with Gasteiger partial charge in [-0.3, -0.25) is 4.99 Å². The molecule has 0 amide bonds. The average Bonchev–Trinajstić information content (AvgIpc) is 3.12. The fourth-order valence-electron chi connectivity index (χ4n) is 3.31. The van der Waals surface area contributed by atoms with E-state index >= 15 is 0 Å². The van der Waals surface area contributed by atoms with Crippen molar-refractivity contribution in [1.29, 1.82) is 0 Å². The highest BCUT2D eigenvalue weighted by atomic mass is 32.2. The summed E-state index contributed by atoms with van der Waals surface area (Å²) in [7, 11) is 2.17. The SMILES string of the molecule is CC1=CC(Nc2cc(N3CCN(C)CC3)nc(SCc3ccc(C)cc3)n2)=NC1. The molecule has 0 unspecified atom stereocenters. The molecule has 0 atom stereocenters. The highest BCUT2D eigenvalue weighted by Crippen LogP contribution is 2.26. The van der Waals surface area contributed by atoms with Crippen LogP contribution in [0.3, 0.4) is 0 Å². The summed E-state index contributed by atoms with van der Waals surface area (Å²) in [6.45, 7) is 9.02. The second-order valence-corrected chi connectivity index (χ2v) is 8.72. The first-order valence-corrected chi connectivity index (χ1v) is 11.0. The van der Waals surface area contributed by atoms with Crippen LogP contribution in [0, 0.1) is 6.92 Å². The van der Waals surface area contributed by atoms with Crippen molar-refractivity contribution < 1.29 is 0 Å². The third kappa shape index (κ3) is 5.36. The van der Waals surface area contributed by atoms with Gasteiger partial charge in [0.2, 0.25) is 0 Å². The minimum absolute atomic E-state index is 0.758. The Hall–Kier alpha value is -2.38.